The number of rotatable bonds is 4. The minimum absolute atomic E-state index is 0.304. The number of urea groups is 1. The molecule has 1 saturated heterocycles. The molecule has 0 bridgehead atoms. The van der Waals surface area contributed by atoms with Gasteiger partial charge in [0.05, 0.1) is 0 Å². The van der Waals surface area contributed by atoms with Gasteiger partial charge in [-0.15, -0.1) is 0 Å². The summed E-state index contributed by atoms with van der Waals surface area (Å²) >= 11 is 5.86. The van der Waals surface area contributed by atoms with Gasteiger partial charge in [-0.1, -0.05) is 23.7 Å². The molecule has 0 unspecified atom stereocenters. The number of hydrogen-bond acceptors (Lipinski definition) is 3. The van der Waals surface area contributed by atoms with Crippen LogP contribution < -0.4 is 15.5 Å². The molecule has 2 amide bonds. The third-order valence-corrected chi connectivity index (χ3v) is 4.99. The fourth-order valence-corrected chi connectivity index (χ4v) is 3.42. The van der Waals surface area contributed by atoms with Crippen molar-refractivity contribution in [2.24, 2.45) is 0 Å². The van der Waals surface area contributed by atoms with Crippen molar-refractivity contribution in [3.8, 4) is 11.1 Å². The molecule has 1 aliphatic rings. The Kier molecular flexibility index (Phi) is 5.44. The highest BCUT2D eigenvalue weighted by molar-refractivity contribution is 6.30. The van der Waals surface area contributed by atoms with Gasteiger partial charge >= 0.3 is 6.03 Å². The summed E-state index contributed by atoms with van der Waals surface area (Å²) in [5.74, 6) is 1.03. The van der Waals surface area contributed by atoms with E-state index in [-0.39, 0.29) is 6.03 Å². The molecule has 1 aliphatic heterocycles. The number of pyridine rings is 1. The van der Waals surface area contributed by atoms with Crippen molar-refractivity contribution in [2.75, 3.05) is 28.6 Å². The lowest BCUT2D eigenvalue weighted by Crippen LogP contribution is -2.19. The minimum Gasteiger partial charge on any atom is -0.357 e. The summed E-state index contributed by atoms with van der Waals surface area (Å²) in [5.41, 5.74) is 3.42. The van der Waals surface area contributed by atoms with Crippen molar-refractivity contribution in [1.29, 1.82) is 0 Å². The fourth-order valence-electron chi connectivity index (χ4n) is 3.29. The average molecular weight is 393 g/mol. The Balaban J connectivity index is 1.43. The highest BCUT2D eigenvalue weighted by Crippen LogP contribution is 2.25. The molecule has 0 spiro atoms. The van der Waals surface area contributed by atoms with E-state index in [0.29, 0.717) is 16.4 Å². The number of hydrogen-bond donors (Lipinski definition) is 2. The summed E-state index contributed by atoms with van der Waals surface area (Å²) in [5, 5.41) is 6.28. The normalized spacial score (nSPS) is 13.4. The van der Waals surface area contributed by atoms with E-state index in [1.807, 2.05) is 30.5 Å². The summed E-state index contributed by atoms with van der Waals surface area (Å²) in [6, 6.07) is 18.5. The Morgan fingerprint density at radius 3 is 2.36 bits per heavy atom. The molecule has 2 N–H and O–H groups in total. The molecule has 2 aromatic carbocycles. The van der Waals surface area contributed by atoms with Gasteiger partial charge in [0, 0.05) is 41.2 Å². The predicted molar refractivity (Wildman–Crippen MR) is 115 cm³/mol. The van der Waals surface area contributed by atoms with Crippen molar-refractivity contribution in [3.63, 3.8) is 0 Å². The molecule has 5 nitrogen and oxygen atoms in total. The maximum Gasteiger partial charge on any atom is 0.323 e. The van der Waals surface area contributed by atoms with E-state index in [1.54, 1.807) is 24.3 Å². The van der Waals surface area contributed by atoms with Gasteiger partial charge in [-0.3, -0.25) is 0 Å². The summed E-state index contributed by atoms with van der Waals surface area (Å²) in [6.45, 7) is 2.16. The Hall–Kier alpha value is -3.05. The zero-order valence-corrected chi connectivity index (χ0v) is 16.1. The highest BCUT2D eigenvalue weighted by Gasteiger charge is 2.13. The van der Waals surface area contributed by atoms with Crippen molar-refractivity contribution in [2.45, 2.75) is 12.8 Å². The van der Waals surface area contributed by atoms with Crippen LogP contribution in [-0.2, 0) is 0 Å². The van der Waals surface area contributed by atoms with Crippen molar-refractivity contribution < 1.29 is 4.79 Å². The van der Waals surface area contributed by atoms with E-state index >= 15 is 0 Å². The fraction of sp³-hybridized carbons (Fsp3) is 0.182. The first-order valence-electron chi connectivity index (χ1n) is 9.32. The molecule has 3 aromatic rings. The maximum atomic E-state index is 12.2. The molecule has 2 heterocycles. The first-order chi connectivity index (χ1) is 13.7. The Morgan fingerprint density at radius 1 is 0.893 bits per heavy atom. The van der Waals surface area contributed by atoms with E-state index in [2.05, 4.69) is 32.7 Å². The van der Waals surface area contributed by atoms with Gasteiger partial charge in [-0.25, -0.2) is 9.78 Å². The lowest BCUT2D eigenvalue weighted by Gasteiger charge is -2.16. The first-order valence-corrected chi connectivity index (χ1v) is 9.70. The number of carbonyl (C=O) groups is 1. The van der Waals surface area contributed by atoms with Crippen LogP contribution in [0.3, 0.4) is 0 Å². The van der Waals surface area contributed by atoms with Gasteiger partial charge in [-0.05, 0) is 66.9 Å². The zero-order valence-electron chi connectivity index (χ0n) is 15.4. The van der Waals surface area contributed by atoms with Gasteiger partial charge in [0.15, 0.2) is 0 Å². The van der Waals surface area contributed by atoms with Crippen LogP contribution >= 0.6 is 11.6 Å². The minimum atomic E-state index is -0.304. The molecule has 1 fully saturated rings. The Morgan fingerprint density at radius 2 is 1.64 bits per heavy atom. The van der Waals surface area contributed by atoms with E-state index < -0.39 is 0 Å². The molecule has 142 valence electrons. The summed E-state index contributed by atoms with van der Waals surface area (Å²) in [6.07, 6.45) is 4.35. The second-order valence-corrected chi connectivity index (χ2v) is 7.20. The highest BCUT2D eigenvalue weighted by atomic mass is 35.5. The standard InChI is InChI=1S/C22H21ClN4O/c23-18-7-9-19(10-8-18)25-22(28)26-20-5-3-4-16(14-20)17-6-11-21(24-15-17)27-12-1-2-13-27/h3-11,14-15H,1-2,12-13H2,(H2,25,26,28). The Labute approximate surface area is 169 Å². The largest absolute Gasteiger partial charge is 0.357 e. The van der Waals surface area contributed by atoms with Crippen LogP contribution in [0, 0.1) is 0 Å². The van der Waals surface area contributed by atoms with Crippen LogP contribution in [0.15, 0.2) is 66.9 Å². The number of anilines is 3. The average Bonchev–Trinajstić information content (AvgIpc) is 3.25. The maximum absolute atomic E-state index is 12.2. The molecule has 0 aliphatic carbocycles. The molecule has 4 rings (SSSR count). The molecule has 6 heteroatoms. The quantitative estimate of drug-likeness (QED) is 0.603. The smallest absolute Gasteiger partial charge is 0.323 e. The molecule has 0 radical (unpaired) electrons. The lowest BCUT2D eigenvalue weighted by molar-refractivity contribution is 0.262. The molecule has 0 saturated carbocycles. The molecular weight excluding hydrogens is 372 g/mol. The monoisotopic (exact) mass is 392 g/mol. The van der Waals surface area contributed by atoms with Crippen LogP contribution in [-0.4, -0.2) is 24.1 Å². The number of aromatic nitrogens is 1. The summed E-state index contributed by atoms with van der Waals surface area (Å²) in [4.78, 5) is 19.1. The second-order valence-electron chi connectivity index (χ2n) is 6.77. The molecule has 0 atom stereocenters. The lowest BCUT2D eigenvalue weighted by atomic mass is 10.1. The van der Waals surface area contributed by atoms with Gasteiger partial charge in [0.1, 0.15) is 5.82 Å². The molecule has 28 heavy (non-hydrogen) atoms. The number of nitrogens with one attached hydrogen (secondary N) is 2. The topological polar surface area (TPSA) is 57.3 Å². The first kappa shape index (κ1) is 18.3. The zero-order chi connectivity index (χ0) is 19.3. The molecular formula is C22H21ClN4O. The van der Waals surface area contributed by atoms with E-state index in [9.17, 15) is 4.79 Å². The van der Waals surface area contributed by atoms with E-state index in [1.165, 1.54) is 12.8 Å². The second kappa shape index (κ2) is 8.31. The summed E-state index contributed by atoms with van der Waals surface area (Å²) in [7, 11) is 0. The van der Waals surface area contributed by atoms with Gasteiger partial charge < -0.3 is 15.5 Å². The van der Waals surface area contributed by atoms with Crippen molar-refractivity contribution in [3.05, 3.63) is 71.9 Å². The van der Waals surface area contributed by atoms with Gasteiger partial charge in [0.25, 0.3) is 0 Å². The van der Waals surface area contributed by atoms with E-state index in [0.717, 1.165) is 30.0 Å². The van der Waals surface area contributed by atoms with Gasteiger partial charge in [-0.2, -0.15) is 0 Å². The number of amides is 2. The van der Waals surface area contributed by atoms with Crippen LogP contribution in [0.5, 0.6) is 0 Å². The number of nitrogens with zero attached hydrogens (tertiary/aromatic N) is 2. The SMILES string of the molecule is O=C(Nc1ccc(Cl)cc1)Nc1cccc(-c2ccc(N3CCCC3)nc2)c1. The predicted octanol–water partition coefficient (Wildman–Crippen LogP) is 5.65. The third-order valence-electron chi connectivity index (χ3n) is 4.73. The Bertz CT molecular complexity index is 951. The van der Waals surface area contributed by atoms with Crippen LogP contribution in [0.1, 0.15) is 12.8 Å². The van der Waals surface area contributed by atoms with Crippen LogP contribution in [0.2, 0.25) is 5.02 Å². The van der Waals surface area contributed by atoms with Crippen molar-refractivity contribution in [1.82, 2.24) is 4.98 Å². The summed E-state index contributed by atoms with van der Waals surface area (Å²) < 4.78 is 0. The van der Waals surface area contributed by atoms with Crippen molar-refractivity contribution >= 4 is 34.8 Å². The van der Waals surface area contributed by atoms with Crippen LogP contribution in [0.25, 0.3) is 11.1 Å². The van der Waals surface area contributed by atoms with Gasteiger partial charge in [0.2, 0.25) is 0 Å². The number of benzene rings is 2. The molecule has 1 aromatic heterocycles. The third kappa shape index (κ3) is 4.43. The number of halogens is 1. The van der Waals surface area contributed by atoms with Crippen LogP contribution in [0.4, 0.5) is 22.0 Å². The number of carbonyl (C=O) groups excluding carboxylic acids is 1. The van der Waals surface area contributed by atoms with E-state index in [4.69, 9.17) is 11.6 Å².